The predicted octanol–water partition coefficient (Wildman–Crippen LogP) is -0.560. The number of sulfonamides is 1. The zero-order valence-electron chi connectivity index (χ0n) is 10.4. The number of carbonyl (C=O) groups excluding carboxylic acids is 1. The maximum atomic E-state index is 11.4. The van der Waals surface area contributed by atoms with Gasteiger partial charge in [-0.2, -0.15) is 12.6 Å². The maximum absolute atomic E-state index is 11.4. The molecule has 106 valence electrons. The number of aliphatic carboxylic acids is 1. The van der Waals surface area contributed by atoms with Gasteiger partial charge in [-0.05, 0) is 0 Å². The topological polar surface area (TPSA) is 101 Å². The molecule has 0 spiro atoms. The SMILES string of the molecule is C[C@H](CS)C(=O)O[C@@H](CN(C)S(C)(=O)=O)C(=O)O. The Bertz CT molecular complexity index is 407. The van der Waals surface area contributed by atoms with Crippen LogP contribution in [0, 0.1) is 5.92 Å². The third-order valence-corrected chi connectivity index (χ3v) is 4.03. The van der Waals surface area contributed by atoms with E-state index in [9.17, 15) is 18.0 Å². The van der Waals surface area contributed by atoms with Gasteiger partial charge in [-0.1, -0.05) is 6.92 Å². The summed E-state index contributed by atoms with van der Waals surface area (Å²) in [5.74, 6) is -2.46. The molecule has 0 radical (unpaired) electrons. The summed E-state index contributed by atoms with van der Waals surface area (Å²) in [6.45, 7) is 1.10. The summed E-state index contributed by atoms with van der Waals surface area (Å²) in [5, 5.41) is 8.87. The van der Waals surface area contributed by atoms with Gasteiger partial charge in [-0.3, -0.25) is 4.79 Å². The second-order valence-corrected chi connectivity index (χ2v) is 6.35. The monoisotopic (exact) mass is 299 g/mol. The van der Waals surface area contributed by atoms with Gasteiger partial charge in [0.25, 0.3) is 0 Å². The minimum atomic E-state index is -3.53. The van der Waals surface area contributed by atoms with E-state index >= 15 is 0 Å². The molecule has 0 rings (SSSR count). The smallest absolute Gasteiger partial charge is 0.346 e. The Balaban J connectivity index is 4.70. The molecule has 2 atom stereocenters. The number of hydrogen-bond acceptors (Lipinski definition) is 6. The summed E-state index contributed by atoms with van der Waals surface area (Å²) in [5.41, 5.74) is 0. The highest BCUT2D eigenvalue weighted by molar-refractivity contribution is 7.88. The summed E-state index contributed by atoms with van der Waals surface area (Å²) in [6.07, 6.45) is -0.594. The van der Waals surface area contributed by atoms with Crippen molar-refractivity contribution in [2.75, 3.05) is 25.6 Å². The lowest BCUT2D eigenvalue weighted by molar-refractivity contribution is -0.166. The predicted molar refractivity (Wildman–Crippen MR) is 68.0 cm³/mol. The van der Waals surface area contributed by atoms with Gasteiger partial charge in [-0.15, -0.1) is 0 Å². The number of esters is 1. The average molecular weight is 299 g/mol. The van der Waals surface area contributed by atoms with E-state index in [2.05, 4.69) is 12.6 Å². The van der Waals surface area contributed by atoms with Crippen LogP contribution in [-0.2, 0) is 24.3 Å². The van der Waals surface area contributed by atoms with Gasteiger partial charge >= 0.3 is 11.9 Å². The highest BCUT2D eigenvalue weighted by Crippen LogP contribution is 2.06. The van der Waals surface area contributed by atoms with Crippen LogP contribution in [0.5, 0.6) is 0 Å². The molecule has 0 aromatic carbocycles. The molecular weight excluding hydrogens is 282 g/mol. The van der Waals surface area contributed by atoms with Crippen molar-refractivity contribution in [1.29, 1.82) is 0 Å². The minimum absolute atomic E-state index is 0.215. The molecular formula is C9H17NO6S2. The van der Waals surface area contributed by atoms with E-state index in [4.69, 9.17) is 9.84 Å². The third kappa shape index (κ3) is 5.69. The number of likely N-dealkylation sites (N-methyl/N-ethyl adjacent to an activating group) is 1. The van der Waals surface area contributed by atoms with Crippen molar-refractivity contribution in [3.63, 3.8) is 0 Å². The molecule has 0 unspecified atom stereocenters. The molecule has 0 aromatic rings. The second-order valence-electron chi connectivity index (χ2n) is 3.89. The summed E-state index contributed by atoms with van der Waals surface area (Å²) < 4.78 is 27.8. The Labute approximate surface area is 112 Å². The quantitative estimate of drug-likeness (QED) is 0.483. The fourth-order valence-electron chi connectivity index (χ4n) is 0.866. The van der Waals surface area contributed by atoms with Crippen LogP contribution >= 0.6 is 12.6 Å². The van der Waals surface area contributed by atoms with Crippen molar-refractivity contribution in [3.05, 3.63) is 0 Å². The summed E-state index contributed by atoms with van der Waals surface area (Å²) >= 11 is 3.89. The van der Waals surface area contributed by atoms with Gasteiger partial charge in [0.15, 0.2) is 0 Å². The van der Waals surface area contributed by atoms with E-state index in [-0.39, 0.29) is 5.75 Å². The Morgan fingerprint density at radius 1 is 1.44 bits per heavy atom. The zero-order valence-corrected chi connectivity index (χ0v) is 12.1. The number of nitrogens with zero attached hydrogens (tertiary/aromatic N) is 1. The number of carboxylic acid groups (broad SMARTS) is 1. The minimum Gasteiger partial charge on any atom is -0.478 e. The summed E-state index contributed by atoms with van der Waals surface area (Å²) in [7, 11) is -2.32. The molecule has 0 aliphatic heterocycles. The molecule has 0 saturated heterocycles. The van der Waals surface area contributed by atoms with Crippen LogP contribution < -0.4 is 0 Å². The Morgan fingerprint density at radius 3 is 2.28 bits per heavy atom. The van der Waals surface area contributed by atoms with Crippen LogP contribution in [0.15, 0.2) is 0 Å². The molecule has 0 saturated carbocycles. The van der Waals surface area contributed by atoms with Crippen LogP contribution in [0.4, 0.5) is 0 Å². The number of carbonyl (C=O) groups is 2. The maximum Gasteiger partial charge on any atom is 0.346 e. The van der Waals surface area contributed by atoms with Crippen molar-refractivity contribution in [2.24, 2.45) is 5.92 Å². The fourth-order valence-corrected chi connectivity index (χ4v) is 1.42. The fraction of sp³-hybridized carbons (Fsp3) is 0.778. The van der Waals surface area contributed by atoms with Crippen LogP contribution in [0.1, 0.15) is 6.92 Å². The summed E-state index contributed by atoms with van der Waals surface area (Å²) in [4.78, 5) is 22.3. The molecule has 0 fully saturated rings. The first-order valence-corrected chi connectivity index (χ1v) is 7.53. The van der Waals surface area contributed by atoms with E-state index in [0.717, 1.165) is 10.6 Å². The van der Waals surface area contributed by atoms with Gasteiger partial charge < -0.3 is 9.84 Å². The Hall–Kier alpha value is -0.800. The number of rotatable bonds is 7. The largest absolute Gasteiger partial charge is 0.478 e. The van der Waals surface area contributed by atoms with Gasteiger partial charge in [0.1, 0.15) is 0 Å². The first kappa shape index (κ1) is 17.2. The molecule has 0 aliphatic rings. The van der Waals surface area contributed by atoms with Gasteiger partial charge in [0, 0.05) is 12.8 Å². The number of ether oxygens (including phenoxy) is 1. The lowest BCUT2D eigenvalue weighted by atomic mass is 10.2. The van der Waals surface area contributed by atoms with Crippen molar-refractivity contribution in [1.82, 2.24) is 4.31 Å². The van der Waals surface area contributed by atoms with Crippen LogP contribution in [0.2, 0.25) is 0 Å². The van der Waals surface area contributed by atoms with E-state index in [1.165, 1.54) is 14.0 Å². The molecule has 7 nitrogen and oxygen atoms in total. The van der Waals surface area contributed by atoms with E-state index in [0.29, 0.717) is 0 Å². The molecule has 0 amide bonds. The van der Waals surface area contributed by atoms with Crippen molar-refractivity contribution >= 4 is 34.6 Å². The molecule has 0 heterocycles. The standard InChI is InChI=1S/C9H17NO6S2/c1-6(5-17)9(13)16-7(8(11)12)4-10(2)18(3,14)15/h6-7,17H,4-5H2,1-3H3,(H,11,12)/t6-,7+/m1/s1. The summed E-state index contributed by atoms with van der Waals surface area (Å²) in [6, 6.07) is 0. The normalized spacial score (nSPS) is 15.2. The highest BCUT2D eigenvalue weighted by Gasteiger charge is 2.28. The lowest BCUT2D eigenvalue weighted by Gasteiger charge is -2.20. The average Bonchev–Trinajstić information content (AvgIpc) is 2.25. The van der Waals surface area contributed by atoms with E-state index in [1.807, 2.05) is 0 Å². The first-order chi connectivity index (χ1) is 8.09. The van der Waals surface area contributed by atoms with E-state index in [1.54, 1.807) is 0 Å². The number of carboxylic acids is 1. The molecule has 18 heavy (non-hydrogen) atoms. The van der Waals surface area contributed by atoms with Crippen molar-refractivity contribution < 1.29 is 27.9 Å². The van der Waals surface area contributed by atoms with Crippen molar-refractivity contribution in [3.8, 4) is 0 Å². The first-order valence-electron chi connectivity index (χ1n) is 5.05. The second kappa shape index (κ2) is 6.95. The van der Waals surface area contributed by atoms with Crippen LogP contribution in [0.3, 0.4) is 0 Å². The third-order valence-electron chi connectivity index (χ3n) is 2.20. The molecule has 0 aromatic heterocycles. The Morgan fingerprint density at radius 2 is 1.94 bits per heavy atom. The Kier molecular flexibility index (Phi) is 6.64. The molecule has 0 bridgehead atoms. The molecule has 1 N–H and O–H groups in total. The number of thiol groups is 1. The lowest BCUT2D eigenvalue weighted by Crippen LogP contribution is -2.41. The van der Waals surface area contributed by atoms with Gasteiger partial charge in [0.2, 0.25) is 16.1 Å². The van der Waals surface area contributed by atoms with Crippen molar-refractivity contribution in [2.45, 2.75) is 13.0 Å². The van der Waals surface area contributed by atoms with Gasteiger partial charge in [-0.25, -0.2) is 17.5 Å². The van der Waals surface area contributed by atoms with Crippen LogP contribution in [-0.4, -0.2) is 61.5 Å². The van der Waals surface area contributed by atoms with Crippen LogP contribution in [0.25, 0.3) is 0 Å². The molecule has 9 heteroatoms. The number of hydrogen-bond donors (Lipinski definition) is 2. The van der Waals surface area contributed by atoms with E-state index < -0.39 is 40.5 Å². The molecule has 0 aliphatic carbocycles. The highest BCUT2D eigenvalue weighted by atomic mass is 32.2. The zero-order chi connectivity index (χ0) is 14.5. The van der Waals surface area contributed by atoms with Gasteiger partial charge in [0.05, 0.1) is 18.7 Å².